The Bertz CT molecular complexity index is 770. The van der Waals surface area contributed by atoms with Gasteiger partial charge in [0.25, 0.3) is 0 Å². The Labute approximate surface area is 154 Å². The van der Waals surface area contributed by atoms with Gasteiger partial charge < -0.3 is 9.47 Å². The highest BCUT2D eigenvalue weighted by atomic mass is 16.6. The summed E-state index contributed by atoms with van der Waals surface area (Å²) in [5.74, 6) is -0.609. The molecule has 0 radical (unpaired) electrons. The summed E-state index contributed by atoms with van der Waals surface area (Å²) in [6, 6.07) is 13.3. The Morgan fingerprint density at radius 1 is 1.04 bits per heavy atom. The number of ether oxygens (including phenoxy) is 2. The summed E-state index contributed by atoms with van der Waals surface area (Å²) in [6.45, 7) is 9.40. The maximum Gasteiger partial charge on any atom is 0.330 e. The van der Waals surface area contributed by atoms with Gasteiger partial charge in [0.2, 0.25) is 0 Å². The molecule has 0 fully saturated rings. The van der Waals surface area contributed by atoms with Crippen molar-refractivity contribution in [3.8, 4) is 0 Å². The largest absolute Gasteiger partial charge is 0.460 e. The van der Waals surface area contributed by atoms with E-state index in [0.29, 0.717) is 5.56 Å². The fraction of sp³-hybridized carbons (Fsp3) is 0.273. The molecule has 0 N–H and O–H groups in total. The van der Waals surface area contributed by atoms with Crippen molar-refractivity contribution in [1.29, 1.82) is 0 Å². The van der Waals surface area contributed by atoms with Crippen LogP contribution in [0.4, 0.5) is 0 Å². The monoisotopic (exact) mass is 352 g/mol. The molecule has 0 aliphatic carbocycles. The predicted molar refractivity (Wildman–Crippen MR) is 101 cm³/mol. The van der Waals surface area contributed by atoms with Crippen molar-refractivity contribution in [2.24, 2.45) is 0 Å². The van der Waals surface area contributed by atoms with Gasteiger partial charge in [0.05, 0.1) is 6.61 Å². The molecule has 0 aromatic heterocycles. The first-order valence-corrected chi connectivity index (χ1v) is 8.52. The van der Waals surface area contributed by atoms with Gasteiger partial charge in [0.15, 0.2) is 5.78 Å². The molecule has 0 aliphatic heterocycles. The van der Waals surface area contributed by atoms with Crippen molar-refractivity contribution in [2.75, 3.05) is 13.2 Å². The van der Waals surface area contributed by atoms with E-state index in [1.165, 1.54) is 0 Å². The van der Waals surface area contributed by atoms with E-state index in [9.17, 15) is 9.59 Å². The maximum atomic E-state index is 13.2. The highest BCUT2D eigenvalue weighted by Gasteiger charge is 2.25. The van der Waals surface area contributed by atoms with Gasteiger partial charge in [-0.05, 0) is 37.5 Å². The average Bonchev–Trinajstić information content (AvgIpc) is 2.61. The Hall–Kier alpha value is -2.72. The fourth-order valence-corrected chi connectivity index (χ4v) is 3.02. The van der Waals surface area contributed by atoms with Crippen LogP contribution in [0.5, 0.6) is 0 Å². The zero-order valence-corrected chi connectivity index (χ0v) is 15.5. The fourth-order valence-electron chi connectivity index (χ4n) is 3.02. The number of aryl methyl sites for hydroxylation is 3. The molecule has 1 unspecified atom stereocenters. The van der Waals surface area contributed by atoms with Gasteiger partial charge >= 0.3 is 5.97 Å². The Morgan fingerprint density at radius 3 is 2.23 bits per heavy atom. The lowest BCUT2D eigenvalue weighted by molar-refractivity contribution is -0.139. The number of carbonyl (C=O) groups is 2. The molecule has 26 heavy (non-hydrogen) atoms. The molecule has 2 aromatic carbocycles. The number of hydrogen-bond donors (Lipinski definition) is 0. The molecule has 136 valence electrons. The van der Waals surface area contributed by atoms with Crippen molar-refractivity contribution in [1.82, 2.24) is 0 Å². The minimum atomic E-state index is -0.751. The van der Waals surface area contributed by atoms with Crippen LogP contribution in [-0.4, -0.2) is 25.0 Å². The van der Waals surface area contributed by atoms with Crippen molar-refractivity contribution < 1.29 is 19.1 Å². The van der Waals surface area contributed by atoms with E-state index < -0.39 is 12.1 Å². The Kier molecular flexibility index (Phi) is 6.87. The van der Waals surface area contributed by atoms with E-state index in [2.05, 4.69) is 6.58 Å². The van der Waals surface area contributed by atoms with Crippen LogP contribution in [0.25, 0.3) is 0 Å². The lowest BCUT2D eigenvalue weighted by atomic mass is 9.92. The number of hydrogen-bond acceptors (Lipinski definition) is 4. The van der Waals surface area contributed by atoms with Crippen LogP contribution >= 0.6 is 0 Å². The standard InChI is InChI=1S/C22H24O4/c1-5-19(23)25-11-12-26-22(18-9-7-6-8-10-18)21(24)20-16(3)13-15(2)14-17(20)4/h5-10,13-14,22H,1,11-12H2,2-4H3. The quantitative estimate of drug-likeness (QED) is 0.308. The van der Waals surface area contributed by atoms with Crippen LogP contribution in [0.2, 0.25) is 0 Å². The van der Waals surface area contributed by atoms with E-state index in [1.54, 1.807) is 0 Å². The number of carbonyl (C=O) groups excluding carboxylic acids is 2. The van der Waals surface area contributed by atoms with Crippen molar-refractivity contribution >= 4 is 11.8 Å². The SMILES string of the molecule is C=CC(=O)OCCOC(C(=O)c1c(C)cc(C)cc1C)c1ccccc1. The van der Waals surface area contributed by atoms with E-state index in [-0.39, 0.29) is 19.0 Å². The third-order valence-electron chi connectivity index (χ3n) is 4.04. The van der Waals surface area contributed by atoms with Gasteiger partial charge in [0.1, 0.15) is 12.7 Å². The van der Waals surface area contributed by atoms with Gasteiger partial charge in [-0.1, -0.05) is 54.6 Å². The van der Waals surface area contributed by atoms with Gasteiger partial charge in [0, 0.05) is 11.6 Å². The number of Topliss-reactive ketones (excluding diaryl/α,β-unsaturated/α-hetero) is 1. The Morgan fingerprint density at radius 2 is 1.65 bits per heavy atom. The van der Waals surface area contributed by atoms with E-state index in [1.807, 2.05) is 63.2 Å². The molecular weight excluding hydrogens is 328 g/mol. The maximum absolute atomic E-state index is 13.2. The molecule has 0 heterocycles. The van der Waals surface area contributed by atoms with E-state index in [4.69, 9.17) is 9.47 Å². The number of ketones is 1. The van der Waals surface area contributed by atoms with Gasteiger partial charge in [-0.3, -0.25) is 4.79 Å². The summed E-state index contributed by atoms with van der Waals surface area (Å²) in [5.41, 5.74) is 4.41. The van der Waals surface area contributed by atoms with Gasteiger partial charge in [-0.15, -0.1) is 0 Å². The summed E-state index contributed by atoms with van der Waals surface area (Å²) in [5, 5.41) is 0. The zero-order valence-electron chi connectivity index (χ0n) is 15.5. The molecule has 2 rings (SSSR count). The molecule has 1 atom stereocenters. The first-order chi connectivity index (χ1) is 12.4. The summed E-state index contributed by atoms with van der Waals surface area (Å²) < 4.78 is 10.8. The van der Waals surface area contributed by atoms with Crippen molar-refractivity contribution in [3.05, 3.63) is 82.9 Å². The molecule has 0 aliphatic rings. The predicted octanol–water partition coefficient (Wildman–Crippen LogP) is 4.28. The molecule has 0 spiro atoms. The minimum Gasteiger partial charge on any atom is -0.460 e. The summed E-state index contributed by atoms with van der Waals surface area (Å²) in [6.07, 6.45) is 0.345. The average molecular weight is 352 g/mol. The number of rotatable bonds is 8. The van der Waals surface area contributed by atoms with Crippen LogP contribution in [0.15, 0.2) is 55.1 Å². The molecule has 4 heteroatoms. The van der Waals surface area contributed by atoms with Crippen molar-refractivity contribution in [2.45, 2.75) is 26.9 Å². The second-order valence-electron chi connectivity index (χ2n) is 6.17. The van der Waals surface area contributed by atoms with Crippen LogP contribution in [0.1, 0.15) is 38.7 Å². The normalized spacial score (nSPS) is 11.7. The minimum absolute atomic E-state index is 0.0628. The lowest BCUT2D eigenvalue weighted by Crippen LogP contribution is -2.21. The molecule has 0 saturated heterocycles. The lowest BCUT2D eigenvalue weighted by Gasteiger charge is -2.20. The molecule has 0 amide bonds. The van der Waals surface area contributed by atoms with E-state index in [0.717, 1.165) is 28.3 Å². The van der Waals surface area contributed by atoms with Crippen LogP contribution in [0, 0.1) is 20.8 Å². The number of esters is 1. The van der Waals surface area contributed by atoms with Gasteiger partial charge in [-0.2, -0.15) is 0 Å². The molecular formula is C22H24O4. The smallest absolute Gasteiger partial charge is 0.330 e. The van der Waals surface area contributed by atoms with Crippen molar-refractivity contribution in [3.63, 3.8) is 0 Å². The summed E-state index contributed by atoms with van der Waals surface area (Å²) in [4.78, 5) is 24.4. The molecule has 0 bridgehead atoms. The topological polar surface area (TPSA) is 52.6 Å². The molecule has 4 nitrogen and oxygen atoms in total. The number of benzene rings is 2. The first-order valence-electron chi connectivity index (χ1n) is 8.52. The molecule has 0 saturated carbocycles. The Balaban J connectivity index is 2.25. The zero-order chi connectivity index (χ0) is 19.1. The third-order valence-corrected chi connectivity index (χ3v) is 4.04. The van der Waals surface area contributed by atoms with Crippen LogP contribution < -0.4 is 0 Å². The second kappa shape index (κ2) is 9.11. The highest BCUT2D eigenvalue weighted by molar-refractivity contribution is 6.02. The first kappa shape index (κ1) is 19.6. The summed E-state index contributed by atoms with van der Waals surface area (Å²) in [7, 11) is 0. The summed E-state index contributed by atoms with van der Waals surface area (Å²) >= 11 is 0. The van der Waals surface area contributed by atoms with E-state index >= 15 is 0 Å². The van der Waals surface area contributed by atoms with Crippen LogP contribution in [0.3, 0.4) is 0 Å². The third kappa shape index (κ3) is 4.90. The highest BCUT2D eigenvalue weighted by Crippen LogP contribution is 2.27. The molecule has 2 aromatic rings. The second-order valence-corrected chi connectivity index (χ2v) is 6.17. The van der Waals surface area contributed by atoms with Gasteiger partial charge in [-0.25, -0.2) is 4.79 Å². The van der Waals surface area contributed by atoms with Crippen LogP contribution in [-0.2, 0) is 14.3 Å².